The molecular weight excluding hydrogens is 276 g/mol. The Labute approximate surface area is 121 Å². The van der Waals surface area contributed by atoms with E-state index in [1.165, 1.54) is 16.2 Å². The Hall–Kier alpha value is -0.780. The lowest BCUT2D eigenvalue weighted by molar-refractivity contribution is 0.170. The molecule has 0 aromatic carbocycles. The lowest BCUT2D eigenvalue weighted by Crippen LogP contribution is -2.02. The van der Waals surface area contributed by atoms with Crippen molar-refractivity contribution in [1.29, 1.82) is 0 Å². The van der Waals surface area contributed by atoms with Crippen LogP contribution < -0.4 is 0 Å². The molecule has 2 aromatic rings. The van der Waals surface area contributed by atoms with Crippen molar-refractivity contribution in [2.24, 2.45) is 7.05 Å². The molecule has 2 aromatic heterocycles. The van der Waals surface area contributed by atoms with Crippen LogP contribution in [-0.2, 0) is 25.6 Å². The number of aromatic nitrogens is 2. The summed E-state index contributed by atoms with van der Waals surface area (Å²) in [4.78, 5) is 6.90. The number of fused-ring (bicyclic) bond motifs is 1. The molecule has 0 fully saturated rings. The minimum atomic E-state index is -0.350. The maximum absolute atomic E-state index is 10.3. The molecule has 1 aliphatic heterocycles. The van der Waals surface area contributed by atoms with Crippen LogP contribution in [0.1, 0.15) is 33.7 Å². The standard InChI is InChI=1S/C14H18N2OS2/c1-16-6-5-15-14(16)3-2-11(17)13-8-10-9-18-7-4-12(10)19-13/h5-6,8,11,17H,2-4,7,9H2,1H3. The summed E-state index contributed by atoms with van der Waals surface area (Å²) in [5, 5.41) is 10.3. The molecule has 3 nitrogen and oxygen atoms in total. The highest BCUT2D eigenvalue weighted by atomic mass is 32.2. The minimum Gasteiger partial charge on any atom is -0.388 e. The molecule has 0 radical (unpaired) electrons. The first-order valence-electron chi connectivity index (χ1n) is 6.57. The number of aryl methyl sites for hydroxylation is 3. The van der Waals surface area contributed by atoms with Crippen LogP contribution in [0.25, 0.3) is 0 Å². The first-order chi connectivity index (χ1) is 9.24. The molecule has 1 unspecified atom stereocenters. The third-order valence-electron chi connectivity index (χ3n) is 3.54. The zero-order valence-corrected chi connectivity index (χ0v) is 12.6. The number of rotatable bonds is 4. The Bertz CT molecular complexity index is 538. The quantitative estimate of drug-likeness (QED) is 0.942. The van der Waals surface area contributed by atoms with E-state index in [9.17, 15) is 5.11 Å². The van der Waals surface area contributed by atoms with Crippen LogP contribution in [-0.4, -0.2) is 20.4 Å². The zero-order chi connectivity index (χ0) is 13.2. The van der Waals surface area contributed by atoms with Crippen molar-refractivity contribution in [2.45, 2.75) is 31.1 Å². The SMILES string of the molecule is Cn1ccnc1CCC(O)c1cc2c(s1)CCSC2. The van der Waals surface area contributed by atoms with Gasteiger partial charge in [-0.05, 0) is 30.2 Å². The number of nitrogens with zero attached hydrogens (tertiary/aromatic N) is 2. The molecule has 0 saturated heterocycles. The summed E-state index contributed by atoms with van der Waals surface area (Å²) in [5.41, 5.74) is 1.44. The third-order valence-corrected chi connectivity index (χ3v) is 5.88. The van der Waals surface area contributed by atoms with Gasteiger partial charge in [-0.3, -0.25) is 0 Å². The van der Waals surface area contributed by atoms with Gasteiger partial charge in [0.2, 0.25) is 0 Å². The van der Waals surface area contributed by atoms with E-state index in [0.717, 1.165) is 35.7 Å². The summed E-state index contributed by atoms with van der Waals surface area (Å²) in [6, 6.07) is 2.20. The fourth-order valence-corrected chi connectivity index (χ4v) is 4.78. The lowest BCUT2D eigenvalue weighted by Gasteiger charge is -2.08. The maximum atomic E-state index is 10.3. The summed E-state index contributed by atoms with van der Waals surface area (Å²) in [6.07, 6.45) is 6.14. The number of imidazole rings is 1. The minimum absolute atomic E-state index is 0.350. The van der Waals surface area contributed by atoms with Gasteiger partial charge in [-0.25, -0.2) is 4.98 Å². The van der Waals surface area contributed by atoms with E-state index in [4.69, 9.17) is 0 Å². The van der Waals surface area contributed by atoms with Gasteiger partial charge in [-0.2, -0.15) is 11.8 Å². The van der Waals surface area contributed by atoms with Crippen LogP contribution in [0, 0.1) is 0 Å². The van der Waals surface area contributed by atoms with Gasteiger partial charge in [-0.1, -0.05) is 0 Å². The van der Waals surface area contributed by atoms with Gasteiger partial charge in [0.1, 0.15) is 5.82 Å². The van der Waals surface area contributed by atoms with Crippen LogP contribution in [0.5, 0.6) is 0 Å². The molecule has 0 aliphatic carbocycles. The van der Waals surface area contributed by atoms with E-state index in [1.807, 2.05) is 35.8 Å². The van der Waals surface area contributed by atoms with E-state index < -0.39 is 0 Å². The molecule has 3 heterocycles. The number of thioether (sulfide) groups is 1. The molecule has 0 amide bonds. The van der Waals surface area contributed by atoms with Crippen LogP contribution in [0.2, 0.25) is 0 Å². The second-order valence-electron chi connectivity index (χ2n) is 4.91. The lowest BCUT2D eigenvalue weighted by atomic mass is 10.1. The van der Waals surface area contributed by atoms with Crippen molar-refractivity contribution < 1.29 is 5.11 Å². The van der Waals surface area contributed by atoms with E-state index in [0.29, 0.717) is 0 Å². The van der Waals surface area contributed by atoms with E-state index in [1.54, 1.807) is 11.3 Å². The van der Waals surface area contributed by atoms with Gasteiger partial charge in [0, 0.05) is 41.4 Å². The van der Waals surface area contributed by atoms with Gasteiger partial charge < -0.3 is 9.67 Å². The molecule has 102 valence electrons. The Morgan fingerprint density at radius 2 is 2.42 bits per heavy atom. The Kier molecular flexibility index (Phi) is 3.96. The average molecular weight is 294 g/mol. The first-order valence-corrected chi connectivity index (χ1v) is 8.54. The van der Waals surface area contributed by atoms with Gasteiger partial charge in [0.25, 0.3) is 0 Å². The number of hydrogen-bond donors (Lipinski definition) is 1. The van der Waals surface area contributed by atoms with Crippen molar-refractivity contribution in [3.63, 3.8) is 0 Å². The molecule has 1 aliphatic rings. The predicted octanol–water partition coefficient (Wildman–Crippen LogP) is 2.94. The van der Waals surface area contributed by atoms with Crippen LogP contribution >= 0.6 is 23.1 Å². The smallest absolute Gasteiger partial charge is 0.108 e. The summed E-state index contributed by atoms with van der Waals surface area (Å²) < 4.78 is 2.02. The fraction of sp³-hybridized carbons (Fsp3) is 0.500. The molecule has 1 atom stereocenters. The van der Waals surface area contributed by atoms with Gasteiger partial charge >= 0.3 is 0 Å². The van der Waals surface area contributed by atoms with Crippen molar-refractivity contribution in [1.82, 2.24) is 9.55 Å². The van der Waals surface area contributed by atoms with E-state index in [2.05, 4.69) is 11.1 Å². The Balaban J connectivity index is 1.65. The first kappa shape index (κ1) is 13.2. The number of thiophene rings is 1. The third kappa shape index (κ3) is 2.88. The van der Waals surface area contributed by atoms with Crippen LogP contribution in [0.15, 0.2) is 18.5 Å². The van der Waals surface area contributed by atoms with Crippen LogP contribution in [0.4, 0.5) is 0 Å². The topological polar surface area (TPSA) is 38.0 Å². The zero-order valence-electron chi connectivity index (χ0n) is 11.0. The second kappa shape index (κ2) is 5.69. The molecule has 0 saturated carbocycles. The summed E-state index contributed by atoms with van der Waals surface area (Å²) in [7, 11) is 2.00. The van der Waals surface area contributed by atoms with Crippen molar-refractivity contribution in [3.05, 3.63) is 39.6 Å². The summed E-state index contributed by atoms with van der Waals surface area (Å²) in [6.45, 7) is 0. The predicted molar refractivity (Wildman–Crippen MR) is 80.7 cm³/mol. The number of aliphatic hydroxyl groups is 1. The normalized spacial score (nSPS) is 16.3. The van der Waals surface area contributed by atoms with Gasteiger partial charge in [0.05, 0.1) is 6.10 Å². The largest absolute Gasteiger partial charge is 0.388 e. The average Bonchev–Trinajstić information content (AvgIpc) is 3.01. The molecule has 0 spiro atoms. The highest BCUT2D eigenvalue weighted by Crippen LogP contribution is 2.35. The summed E-state index contributed by atoms with van der Waals surface area (Å²) >= 11 is 3.78. The molecule has 19 heavy (non-hydrogen) atoms. The van der Waals surface area contributed by atoms with Crippen molar-refractivity contribution in [2.75, 3.05) is 5.75 Å². The monoisotopic (exact) mass is 294 g/mol. The van der Waals surface area contributed by atoms with Crippen LogP contribution in [0.3, 0.4) is 0 Å². The summed E-state index contributed by atoms with van der Waals surface area (Å²) in [5.74, 6) is 3.37. The highest BCUT2D eigenvalue weighted by Gasteiger charge is 2.18. The Morgan fingerprint density at radius 1 is 1.53 bits per heavy atom. The molecular formula is C14H18N2OS2. The van der Waals surface area contributed by atoms with E-state index in [-0.39, 0.29) is 6.10 Å². The van der Waals surface area contributed by atoms with Crippen molar-refractivity contribution in [3.8, 4) is 0 Å². The molecule has 1 N–H and O–H groups in total. The highest BCUT2D eigenvalue weighted by molar-refractivity contribution is 7.98. The molecule has 3 rings (SSSR count). The number of aliphatic hydroxyl groups excluding tert-OH is 1. The Morgan fingerprint density at radius 3 is 3.16 bits per heavy atom. The maximum Gasteiger partial charge on any atom is 0.108 e. The van der Waals surface area contributed by atoms with Crippen molar-refractivity contribution >= 4 is 23.1 Å². The number of hydrogen-bond acceptors (Lipinski definition) is 4. The van der Waals surface area contributed by atoms with Gasteiger partial charge in [-0.15, -0.1) is 11.3 Å². The molecule has 5 heteroatoms. The fourth-order valence-electron chi connectivity index (χ4n) is 2.38. The van der Waals surface area contributed by atoms with Gasteiger partial charge in [0.15, 0.2) is 0 Å². The van der Waals surface area contributed by atoms with E-state index >= 15 is 0 Å². The molecule has 0 bridgehead atoms. The second-order valence-corrected chi connectivity index (χ2v) is 7.18.